The molecule has 1 aromatic heterocycles. The van der Waals surface area contributed by atoms with Crippen molar-refractivity contribution in [1.29, 1.82) is 5.26 Å². The highest BCUT2D eigenvalue weighted by Crippen LogP contribution is 2.30. The summed E-state index contributed by atoms with van der Waals surface area (Å²) in [5.74, 6) is -0.0849. The summed E-state index contributed by atoms with van der Waals surface area (Å²) >= 11 is 4.80. The lowest BCUT2D eigenvalue weighted by Crippen LogP contribution is -2.48. The Morgan fingerprint density at radius 3 is 2.59 bits per heavy atom. The van der Waals surface area contributed by atoms with Crippen molar-refractivity contribution >= 4 is 38.7 Å². The molecule has 2 aromatic carbocycles. The molecule has 0 aliphatic carbocycles. The molecule has 1 saturated heterocycles. The monoisotopic (exact) mass is 510 g/mol. The standard InChI is InChI=1S/C24H23BrN4O2S/c1-31-23-5-3-2-4-21(23)29-12-10-28(11-13-29)15-22(30)19(14-26)24-27-20(16-32-24)17-6-8-18(25)9-7-17/h2-9,16,19H,10-13,15H2,1H3. The molecule has 8 heteroatoms. The van der Waals surface area contributed by atoms with Gasteiger partial charge in [-0.1, -0.05) is 40.2 Å². The zero-order valence-electron chi connectivity index (χ0n) is 17.7. The smallest absolute Gasteiger partial charge is 0.170 e. The molecule has 1 fully saturated rings. The number of benzene rings is 2. The van der Waals surface area contributed by atoms with E-state index in [9.17, 15) is 10.1 Å². The van der Waals surface area contributed by atoms with E-state index in [2.05, 4.69) is 42.8 Å². The van der Waals surface area contributed by atoms with E-state index in [0.29, 0.717) is 5.01 Å². The van der Waals surface area contributed by atoms with Crippen molar-refractivity contribution in [2.45, 2.75) is 5.92 Å². The molecule has 3 aromatic rings. The quantitative estimate of drug-likeness (QED) is 0.463. The highest BCUT2D eigenvalue weighted by atomic mass is 79.9. The predicted octanol–water partition coefficient (Wildman–Crippen LogP) is 4.58. The van der Waals surface area contributed by atoms with Crippen LogP contribution in [0.15, 0.2) is 58.4 Å². The number of para-hydroxylation sites is 2. The number of nitrogens with zero attached hydrogens (tertiary/aromatic N) is 4. The SMILES string of the molecule is COc1ccccc1N1CCN(CC(=O)C(C#N)c2nc(-c3ccc(Br)cc3)cs2)CC1. The summed E-state index contributed by atoms with van der Waals surface area (Å²) in [7, 11) is 1.68. The number of carbonyl (C=O) groups is 1. The topological polar surface area (TPSA) is 69.5 Å². The summed E-state index contributed by atoms with van der Waals surface area (Å²) < 4.78 is 6.46. The molecule has 32 heavy (non-hydrogen) atoms. The lowest BCUT2D eigenvalue weighted by atomic mass is 10.1. The first-order chi connectivity index (χ1) is 15.6. The molecule has 0 bridgehead atoms. The molecule has 1 unspecified atom stereocenters. The average molecular weight is 511 g/mol. The first-order valence-electron chi connectivity index (χ1n) is 10.3. The van der Waals surface area contributed by atoms with Gasteiger partial charge in [-0.3, -0.25) is 9.69 Å². The number of hydrogen-bond acceptors (Lipinski definition) is 7. The summed E-state index contributed by atoms with van der Waals surface area (Å²) in [6.07, 6.45) is 0. The number of Topliss-reactive ketones (excluding diaryl/α,β-unsaturated/α-hetero) is 1. The first kappa shape index (κ1) is 22.5. The Kier molecular flexibility index (Phi) is 7.20. The van der Waals surface area contributed by atoms with Gasteiger partial charge in [0.15, 0.2) is 11.7 Å². The lowest BCUT2D eigenvalue weighted by Gasteiger charge is -2.36. The highest BCUT2D eigenvalue weighted by molar-refractivity contribution is 9.10. The Hall–Kier alpha value is -2.73. The molecule has 0 N–H and O–H groups in total. The number of ketones is 1. The maximum Gasteiger partial charge on any atom is 0.170 e. The Bertz CT molecular complexity index is 1120. The third-order valence-electron chi connectivity index (χ3n) is 5.54. The molecule has 0 amide bonds. The number of rotatable bonds is 7. The van der Waals surface area contributed by atoms with Crippen molar-refractivity contribution < 1.29 is 9.53 Å². The fourth-order valence-electron chi connectivity index (χ4n) is 3.79. The summed E-state index contributed by atoms with van der Waals surface area (Å²) in [4.78, 5) is 21.9. The number of halogens is 1. The number of ether oxygens (including phenoxy) is 1. The summed E-state index contributed by atoms with van der Waals surface area (Å²) in [5, 5.41) is 12.2. The minimum Gasteiger partial charge on any atom is -0.495 e. The number of thiazole rings is 1. The molecule has 6 nitrogen and oxygen atoms in total. The normalized spacial score (nSPS) is 15.2. The number of aromatic nitrogens is 1. The van der Waals surface area contributed by atoms with Crippen LogP contribution in [0.4, 0.5) is 5.69 Å². The minimum absolute atomic E-state index is 0.102. The Labute approximate surface area is 200 Å². The molecule has 0 radical (unpaired) electrons. The molecule has 0 saturated carbocycles. The molecule has 1 atom stereocenters. The van der Waals surface area contributed by atoms with Crippen LogP contribution in [0.1, 0.15) is 10.9 Å². The molecule has 4 rings (SSSR count). The lowest BCUT2D eigenvalue weighted by molar-refractivity contribution is -0.120. The number of methoxy groups -OCH3 is 1. The van der Waals surface area contributed by atoms with Crippen LogP contribution in [-0.2, 0) is 4.79 Å². The molecular weight excluding hydrogens is 488 g/mol. The van der Waals surface area contributed by atoms with Crippen LogP contribution in [0.2, 0.25) is 0 Å². The molecular formula is C24H23BrN4O2S. The van der Waals surface area contributed by atoms with E-state index in [-0.39, 0.29) is 12.3 Å². The molecule has 1 aliphatic heterocycles. The van der Waals surface area contributed by atoms with Gasteiger partial charge in [0, 0.05) is 41.6 Å². The van der Waals surface area contributed by atoms with Crippen molar-refractivity contribution in [2.24, 2.45) is 0 Å². The van der Waals surface area contributed by atoms with Crippen LogP contribution < -0.4 is 9.64 Å². The minimum atomic E-state index is -0.837. The third-order valence-corrected chi connectivity index (χ3v) is 6.98. The fraction of sp³-hybridized carbons (Fsp3) is 0.292. The van der Waals surface area contributed by atoms with Gasteiger partial charge >= 0.3 is 0 Å². The predicted molar refractivity (Wildman–Crippen MR) is 130 cm³/mol. The number of nitriles is 1. The van der Waals surface area contributed by atoms with Crippen LogP contribution in [0, 0.1) is 11.3 Å². The van der Waals surface area contributed by atoms with E-state index in [1.807, 2.05) is 47.8 Å². The van der Waals surface area contributed by atoms with Gasteiger partial charge < -0.3 is 9.64 Å². The van der Waals surface area contributed by atoms with E-state index in [4.69, 9.17) is 4.74 Å². The highest BCUT2D eigenvalue weighted by Gasteiger charge is 2.27. The van der Waals surface area contributed by atoms with E-state index >= 15 is 0 Å². The van der Waals surface area contributed by atoms with E-state index < -0.39 is 5.92 Å². The second-order valence-electron chi connectivity index (χ2n) is 7.54. The average Bonchev–Trinajstić information content (AvgIpc) is 3.30. The molecule has 1 aliphatic rings. The van der Waals surface area contributed by atoms with E-state index in [0.717, 1.165) is 53.3 Å². The Morgan fingerprint density at radius 1 is 1.19 bits per heavy atom. The number of hydrogen-bond donors (Lipinski definition) is 0. The molecule has 164 valence electrons. The van der Waals surface area contributed by atoms with Gasteiger partial charge in [0.2, 0.25) is 0 Å². The maximum atomic E-state index is 12.9. The van der Waals surface area contributed by atoms with Crippen LogP contribution in [0.25, 0.3) is 11.3 Å². The number of carbonyl (C=O) groups excluding carboxylic acids is 1. The van der Waals surface area contributed by atoms with Crippen molar-refractivity contribution in [3.05, 3.63) is 63.4 Å². The zero-order chi connectivity index (χ0) is 22.5. The summed E-state index contributed by atoms with van der Waals surface area (Å²) in [6, 6.07) is 18.0. The van der Waals surface area contributed by atoms with Gasteiger partial charge in [0.1, 0.15) is 10.8 Å². The summed E-state index contributed by atoms with van der Waals surface area (Å²) in [6.45, 7) is 3.37. The third kappa shape index (κ3) is 5.01. The number of anilines is 1. The van der Waals surface area contributed by atoms with Crippen molar-refractivity contribution in [1.82, 2.24) is 9.88 Å². The van der Waals surface area contributed by atoms with Gasteiger partial charge in [0.05, 0.1) is 31.1 Å². The summed E-state index contributed by atoms with van der Waals surface area (Å²) in [5.41, 5.74) is 2.82. The van der Waals surface area contributed by atoms with Gasteiger partial charge in [-0.05, 0) is 24.3 Å². The number of piperazine rings is 1. The second kappa shape index (κ2) is 10.3. The van der Waals surface area contributed by atoms with E-state index in [1.165, 1.54) is 11.3 Å². The van der Waals surface area contributed by atoms with Gasteiger partial charge in [-0.15, -0.1) is 11.3 Å². The van der Waals surface area contributed by atoms with Crippen LogP contribution in [-0.4, -0.2) is 55.5 Å². The first-order valence-corrected chi connectivity index (χ1v) is 12.0. The van der Waals surface area contributed by atoms with Crippen LogP contribution in [0.5, 0.6) is 5.75 Å². The second-order valence-corrected chi connectivity index (χ2v) is 9.35. The van der Waals surface area contributed by atoms with Gasteiger partial charge in [-0.25, -0.2) is 4.98 Å². The van der Waals surface area contributed by atoms with Gasteiger partial charge in [-0.2, -0.15) is 5.26 Å². The maximum absolute atomic E-state index is 12.9. The van der Waals surface area contributed by atoms with Crippen molar-refractivity contribution in [2.75, 3.05) is 44.7 Å². The van der Waals surface area contributed by atoms with Crippen molar-refractivity contribution in [3.8, 4) is 23.1 Å². The zero-order valence-corrected chi connectivity index (χ0v) is 20.1. The molecule has 0 spiro atoms. The van der Waals surface area contributed by atoms with Crippen molar-refractivity contribution in [3.63, 3.8) is 0 Å². The molecule has 2 heterocycles. The Morgan fingerprint density at radius 2 is 1.91 bits per heavy atom. The van der Waals surface area contributed by atoms with Crippen LogP contribution in [0.3, 0.4) is 0 Å². The van der Waals surface area contributed by atoms with Gasteiger partial charge in [0.25, 0.3) is 0 Å². The Balaban J connectivity index is 1.37. The largest absolute Gasteiger partial charge is 0.495 e. The van der Waals surface area contributed by atoms with E-state index in [1.54, 1.807) is 7.11 Å². The fourth-order valence-corrected chi connectivity index (χ4v) is 4.94. The van der Waals surface area contributed by atoms with Crippen LogP contribution >= 0.6 is 27.3 Å².